The van der Waals surface area contributed by atoms with Gasteiger partial charge < -0.3 is 19.7 Å². The van der Waals surface area contributed by atoms with Crippen molar-refractivity contribution >= 4 is 0 Å². The van der Waals surface area contributed by atoms with Crippen LogP contribution in [0.1, 0.15) is 12.5 Å². The van der Waals surface area contributed by atoms with Gasteiger partial charge in [0, 0.05) is 7.11 Å². The summed E-state index contributed by atoms with van der Waals surface area (Å²) >= 11 is 0. The molecule has 0 spiro atoms. The van der Waals surface area contributed by atoms with Gasteiger partial charge in [-0.15, -0.1) is 0 Å². The summed E-state index contributed by atoms with van der Waals surface area (Å²) < 4.78 is 10.2. The highest BCUT2D eigenvalue weighted by molar-refractivity contribution is 5.27. The summed E-state index contributed by atoms with van der Waals surface area (Å²) in [6, 6.07) is 7.48. The number of ether oxygens (including phenoxy) is 2. The Morgan fingerprint density at radius 3 is 2.29 bits per heavy atom. The quantitative estimate of drug-likeness (QED) is 0.746. The molecule has 4 heteroatoms. The fourth-order valence-electron chi connectivity index (χ4n) is 1.50. The first kappa shape index (κ1) is 14.0. The first-order chi connectivity index (χ1) is 8.11. The number of aliphatic hydroxyl groups is 2. The van der Waals surface area contributed by atoms with Crippen molar-refractivity contribution in [2.45, 2.75) is 25.6 Å². The second kappa shape index (κ2) is 7.27. The van der Waals surface area contributed by atoms with Crippen molar-refractivity contribution in [3.05, 3.63) is 29.8 Å². The summed E-state index contributed by atoms with van der Waals surface area (Å²) in [5.41, 5.74) is 1.06. The molecule has 1 rings (SSSR count). The highest BCUT2D eigenvalue weighted by atomic mass is 16.5. The second-order valence-corrected chi connectivity index (χ2v) is 4.12. The SMILES string of the molecule is COCC(O)COc1ccc(CC(C)O)cc1. The molecule has 0 aliphatic carbocycles. The van der Waals surface area contributed by atoms with Gasteiger partial charge in [0.2, 0.25) is 0 Å². The van der Waals surface area contributed by atoms with Crippen LogP contribution in [0.5, 0.6) is 5.75 Å². The average molecular weight is 240 g/mol. The molecule has 2 unspecified atom stereocenters. The Balaban J connectivity index is 2.40. The fourth-order valence-corrected chi connectivity index (χ4v) is 1.50. The van der Waals surface area contributed by atoms with Crippen LogP contribution in [0, 0.1) is 0 Å². The van der Waals surface area contributed by atoms with Gasteiger partial charge in [-0.3, -0.25) is 0 Å². The van der Waals surface area contributed by atoms with Gasteiger partial charge in [-0.1, -0.05) is 12.1 Å². The standard InChI is InChI=1S/C13H20O4/c1-10(14)7-11-3-5-13(6-4-11)17-9-12(15)8-16-2/h3-6,10,12,14-15H,7-9H2,1-2H3. The lowest BCUT2D eigenvalue weighted by molar-refractivity contribution is 0.0325. The second-order valence-electron chi connectivity index (χ2n) is 4.12. The first-order valence-corrected chi connectivity index (χ1v) is 5.68. The molecule has 0 radical (unpaired) electrons. The van der Waals surface area contributed by atoms with E-state index in [-0.39, 0.29) is 19.3 Å². The van der Waals surface area contributed by atoms with Crippen LogP contribution in [0.15, 0.2) is 24.3 Å². The van der Waals surface area contributed by atoms with Crippen LogP contribution in [0.3, 0.4) is 0 Å². The van der Waals surface area contributed by atoms with Gasteiger partial charge in [0.25, 0.3) is 0 Å². The maximum Gasteiger partial charge on any atom is 0.119 e. The Bertz CT molecular complexity index is 308. The number of aliphatic hydroxyl groups excluding tert-OH is 2. The largest absolute Gasteiger partial charge is 0.491 e. The summed E-state index contributed by atoms with van der Waals surface area (Å²) in [4.78, 5) is 0. The van der Waals surface area contributed by atoms with Gasteiger partial charge >= 0.3 is 0 Å². The highest BCUT2D eigenvalue weighted by Crippen LogP contribution is 2.13. The Labute approximate surface area is 102 Å². The third-order valence-corrected chi connectivity index (χ3v) is 2.26. The van der Waals surface area contributed by atoms with Crippen molar-refractivity contribution in [3.8, 4) is 5.75 Å². The number of rotatable bonds is 7. The van der Waals surface area contributed by atoms with E-state index in [1.54, 1.807) is 6.92 Å². The number of hydrogen-bond acceptors (Lipinski definition) is 4. The van der Waals surface area contributed by atoms with Gasteiger partial charge in [-0.2, -0.15) is 0 Å². The van der Waals surface area contributed by atoms with Gasteiger partial charge in [0.05, 0.1) is 12.7 Å². The summed E-state index contributed by atoms with van der Waals surface area (Å²) in [5, 5.41) is 18.6. The van der Waals surface area contributed by atoms with Crippen molar-refractivity contribution in [1.29, 1.82) is 0 Å². The zero-order chi connectivity index (χ0) is 12.7. The van der Waals surface area contributed by atoms with Gasteiger partial charge in [0.1, 0.15) is 18.5 Å². The molecule has 17 heavy (non-hydrogen) atoms. The average Bonchev–Trinajstić information content (AvgIpc) is 2.28. The summed E-state index contributed by atoms with van der Waals surface area (Å²) in [5.74, 6) is 0.703. The lowest BCUT2D eigenvalue weighted by atomic mass is 10.1. The van der Waals surface area contributed by atoms with E-state index in [2.05, 4.69) is 0 Å². The summed E-state index contributed by atoms with van der Waals surface area (Å²) in [6.45, 7) is 2.23. The molecule has 0 amide bonds. The van der Waals surface area contributed by atoms with E-state index in [0.717, 1.165) is 5.56 Å². The minimum atomic E-state index is -0.614. The minimum Gasteiger partial charge on any atom is -0.491 e. The van der Waals surface area contributed by atoms with E-state index < -0.39 is 6.10 Å². The molecule has 0 saturated heterocycles. The van der Waals surface area contributed by atoms with E-state index in [1.807, 2.05) is 24.3 Å². The van der Waals surface area contributed by atoms with Gasteiger partial charge in [-0.25, -0.2) is 0 Å². The van der Waals surface area contributed by atoms with Crippen molar-refractivity contribution in [2.75, 3.05) is 20.3 Å². The fraction of sp³-hybridized carbons (Fsp3) is 0.538. The van der Waals surface area contributed by atoms with E-state index in [9.17, 15) is 10.2 Å². The smallest absolute Gasteiger partial charge is 0.119 e. The molecule has 0 aromatic heterocycles. The van der Waals surface area contributed by atoms with Crippen LogP contribution < -0.4 is 4.74 Å². The molecule has 0 fully saturated rings. The van der Waals surface area contributed by atoms with Crippen molar-refractivity contribution in [1.82, 2.24) is 0 Å². The van der Waals surface area contributed by atoms with E-state index in [4.69, 9.17) is 9.47 Å². The van der Waals surface area contributed by atoms with E-state index in [0.29, 0.717) is 12.2 Å². The van der Waals surface area contributed by atoms with Gasteiger partial charge in [0.15, 0.2) is 0 Å². The minimum absolute atomic E-state index is 0.212. The molecule has 96 valence electrons. The maximum atomic E-state index is 9.40. The molecule has 0 aliphatic heterocycles. The molecular weight excluding hydrogens is 220 g/mol. The third-order valence-electron chi connectivity index (χ3n) is 2.26. The molecule has 4 nitrogen and oxygen atoms in total. The molecule has 1 aromatic carbocycles. The van der Waals surface area contributed by atoms with E-state index in [1.165, 1.54) is 7.11 Å². The van der Waals surface area contributed by atoms with Crippen molar-refractivity contribution in [2.24, 2.45) is 0 Å². The highest BCUT2D eigenvalue weighted by Gasteiger charge is 2.04. The van der Waals surface area contributed by atoms with Gasteiger partial charge in [-0.05, 0) is 31.0 Å². The van der Waals surface area contributed by atoms with Crippen LogP contribution >= 0.6 is 0 Å². The predicted molar refractivity (Wildman–Crippen MR) is 65.2 cm³/mol. The van der Waals surface area contributed by atoms with Crippen molar-refractivity contribution in [3.63, 3.8) is 0 Å². The lowest BCUT2D eigenvalue weighted by Crippen LogP contribution is -2.22. The monoisotopic (exact) mass is 240 g/mol. The van der Waals surface area contributed by atoms with Crippen LogP contribution in [-0.2, 0) is 11.2 Å². The summed E-state index contributed by atoms with van der Waals surface area (Å²) in [6.07, 6.45) is -0.325. The number of benzene rings is 1. The summed E-state index contributed by atoms with van der Waals surface area (Å²) in [7, 11) is 1.54. The van der Waals surface area contributed by atoms with Crippen molar-refractivity contribution < 1.29 is 19.7 Å². The molecule has 0 heterocycles. The topological polar surface area (TPSA) is 58.9 Å². The molecular formula is C13H20O4. The molecule has 0 saturated carbocycles. The molecule has 2 atom stereocenters. The lowest BCUT2D eigenvalue weighted by Gasteiger charge is -2.12. The first-order valence-electron chi connectivity index (χ1n) is 5.68. The van der Waals surface area contributed by atoms with E-state index >= 15 is 0 Å². The Morgan fingerprint density at radius 2 is 1.76 bits per heavy atom. The Hall–Kier alpha value is -1.10. The maximum absolute atomic E-state index is 9.40. The normalized spacial score (nSPS) is 14.4. The zero-order valence-corrected chi connectivity index (χ0v) is 10.3. The molecule has 0 bridgehead atoms. The van der Waals surface area contributed by atoms with Crippen LogP contribution in [0.25, 0.3) is 0 Å². The molecule has 0 aliphatic rings. The molecule has 2 N–H and O–H groups in total. The third kappa shape index (κ3) is 5.68. The van der Waals surface area contributed by atoms with Crippen LogP contribution in [0.2, 0.25) is 0 Å². The number of methoxy groups -OCH3 is 1. The number of hydrogen-bond donors (Lipinski definition) is 2. The van der Waals surface area contributed by atoms with Crippen LogP contribution in [-0.4, -0.2) is 42.7 Å². The Kier molecular flexibility index (Phi) is 5.97. The Morgan fingerprint density at radius 1 is 1.12 bits per heavy atom. The predicted octanol–water partition coefficient (Wildman–Crippen LogP) is 0.996. The zero-order valence-electron chi connectivity index (χ0n) is 10.3. The molecule has 1 aromatic rings. The van der Waals surface area contributed by atoms with Crippen LogP contribution in [0.4, 0.5) is 0 Å².